The molecular weight excluding hydrogens is 306 g/mol. The standard InChI is InChI=1S/C17H25N5O2/c1-11(16-12(2)21-24-13(16)3)9-19-17(23)15-6-8-22(20-15)14-5-4-7-18-10-14/h6,8,11,14,18H,4-5,7,9-10H2,1-3H3,(H,19,23). The van der Waals surface area contributed by atoms with Crippen LogP contribution in [0.2, 0.25) is 0 Å². The molecule has 0 radical (unpaired) electrons. The van der Waals surface area contributed by atoms with Crippen LogP contribution in [-0.4, -0.2) is 40.5 Å². The molecule has 2 aromatic rings. The predicted octanol–water partition coefficient (Wildman–Crippen LogP) is 1.95. The van der Waals surface area contributed by atoms with Gasteiger partial charge in [-0.1, -0.05) is 12.1 Å². The molecule has 1 saturated heterocycles. The van der Waals surface area contributed by atoms with Crippen molar-refractivity contribution in [3.63, 3.8) is 0 Å². The highest BCUT2D eigenvalue weighted by molar-refractivity contribution is 5.92. The van der Waals surface area contributed by atoms with Crippen LogP contribution in [0.25, 0.3) is 0 Å². The molecule has 0 aliphatic carbocycles. The Balaban J connectivity index is 1.58. The number of nitrogens with one attached hydrogen (secondary N) is 2. The van der Waals surface area contributed by atoms with Crippen LogP contribution in [0, 0.1) is 13.8 Å². The third kappa shape index (κ3) is 3.51. The topological polar surface area (TPSA) is 85.0 Å². The lowest BCUT2D eigenvalue weighted by molar-refractivity contribution is 0.0945. The van der Waals surface area contributed by atoms with Crippen LogP contribution >= 0.6 is 0 Å². The van der Waals surface area contributed by atoms with Crippen molar-refractivity contribution in [2.45, 2.75) is 45.6 Å². The van der Waals surface area contributed by atoms with E-state index in [1.54, 1.807) is 6.07 Å². The van der Waals surface area contributed by atoms with E-state index in [0.29, 0.717) is 18.3 Å². The van der Waals surface area contributed by atoms with Crippen LogP contribution in [-0.2, 0) is 0 Å². The summed E-state index contributed by atoms with van der Waals surface area (Å²) in [6, 6.07) is 2.12. The van der Waals surface area contributed by atoms with Crippen LogP contribution in [0.1, 0.15) is 59.2 Å². The van der Waals surface area contributed by atoms with Crippen molar-refractivity contribution >= 4 is 5.91 Å². The zero-order valence-corrected chi connectivity index (χ0v) is 14.5. The molecule has 0 saturated carbocycles. The summed E-state index contributed by atoms with van der Waals surface area (Å²) in [6.45, 7) is 8.37. The van der Waals surface area contributed by atoms with Crippen molar-refractivity contribution in [3.8, 4) is 0 Å². The first-order valence-corrected chi connectivity index (χ1v) is 8.53. The molecule has 2 atom stereocenters. The van der Waals surface area contributed by atoms with Gasteiger partial charge in [-0.2, -0.15) is 5.10 Å². The monoisotopic (exact) mass is 331 g/mol. The Hall–Kier alpha value is -2.15. The SMILES string of the molecule is Cc1noc(C)c1C(C)CNC(=O)c1ccn(C2CCCNC2)n1. The number of hydrogen-bond acceptors (Lipinski definition) is 5. The molecule has 24 heavy (non-hydrogen) atoms. The third-order valence-electron chi connectivity index (χ3n) is 4.64. The van der Waals surface area contributed by atoms with Gasteiger partial charge < -0.3 is 15.2 Å². The van der Waals surface area contributed by atoms with Crippen molar-refractivity contribution in [1.29, 1.82) is 0 Å². The molecule has 3 rings (SSSR count). The summed E-state index contributed by atoms with van der Waals surface area (Å²) < 4.78 is 7.10. The van der Waals surface area contributed by atoms with E-state index >= 15 is 0 Å². The van der Waals surface area contributed by atoms with Gasteiger partial charge in [0, 0.05) is 30.8 Å². The fourth-order valence-electron chi connectivity index (χ4n) is 3.35. The average molecular weight is 331 g/mol. The highest BCUT2D eigenvalue weighted by Crippen LogP contribution is 2.22. The molecule has 0 bridgehead atoms. The van der Waals surface area contributed by atoms with Gasteiger partial charge in [0.2, 0.25) is 0 Å². The smallest absolute Gasteiger partial charge is 0.271 e. The molecule has 2 aromatic heterocycles. The minimum absolute atomic E-state index is 0.142. The Morgan fingerprint density at radius 2 is 2.38 bits per heavy atom. The zero-order chi connectivity index (χ0) is 17.1. The maximum atomic E-state index is 12.3. The number of nitrogens with zero attached hydrogens (tertiary/aromatic N) is 3. The molecule has 0 aromatic carbocycles. The predicted molar refractivity (Wildman–Crippen MR) is 90.1 cm³/mol. The first-order chi connectivity index (χ1) is 11.6. The third-order valence-corrected chi connectivity index (χ3v) is 4.64. The number of aromatic nitrogens is 3. The van der Waals surface area contributed by atoms with Crippen molar-refractivity contribution in [2.24, 2.45) is 0 Å². The molecule has 1 aliphatic rings. The summed E-state index contributed by atoms with van der Waals surface area (Å²) in [6.07, 6.45) is 4.13. The summed E-state index contributed by atoms with van der Waals surface area (Å²) in [7, 11) is 0. The van der Waals surface area contributed by atoms with E-state index in [1.807, 2.05) is 24.7 Å². The number of hydrogen-bond donors (Lipinski definition) is 2. The lowest BCUT2D eigenvalue weighted by Crippen LogP contribution is -2.32. The number of aryl methyl sites for hydroxylation is 2. The molecule has 2 unspecified atom stereocenters. The Labute approximate surface area is 141 Å². The van der Waals surface area contributed by atoms with Gasteiger partial charge in [-0.25, -0.2) is 0 Å². The van der Waals surface area contributed by atoms with Crippen LogP contribution in [0.4, 0.5) is 0 Å². The van der Waals surface area contributed by atoms with Crippen LogP contribution in [0.5, 0.6) is 0 Å². The second kappa shape index (κ2) is 7.17. The Kier molecular flexibility index (Phi) is 4.99. The minimum Gasteiger partial charge on any atom is -0.361 e. The quantitative estimate of drug-likeness (QED) is 0.875. The highest BCUT2D eigenvalue weighted by Gasteiger charge is 2.20. The van der Waals surface area contributed by atoms with E-state index in [4.69, 9.17) is 4.52 Å². The first kappa shape index (κ1) is 16.7. The van der Waals surface area contributed by atoms with Gasteiger partial charge >= 0.3 is 0 Å². The second-order valence-electron chi connectivity index (χ2n) is 6.53. The molecule has 2 N–H and O–H groups in total. The number of carbonyl (C=O) groups is 1. The summed E-state index contributed by atoms with van der Waals surface area (Å²) in [5, 5.41) is 14.7. The van der Waals surface area contributed by atoms with E-state index in [0.717, 1.165) is 42.9 Å². The van der Waals surface area contributed by atoms with Crippen LogP contribution in [0.15, 0.2) is 16.8 Å². The Morgan fingerprint density at radius 1 is 1.54 bits per heavy atom. The van der Waals surface area contributed by atoms with Gasteiger partial charge in [0.15, 0.2) is 0 Å². The van der Waals surface area contributed by atoms with Gasteiger partial charge in [-0.15, -0.1) is 0 Å². The molecule has 3 heterocycles. The van der Waals surface area contributed by atoms with E-state index in [-0.39, 0.29) is 11.8 Å². The van der Waals surface area contributed by atoms with E-state index in [2.05, 4.69) is 27.8 Å². The van der Waals surface area contributed by atoms with Gasteiger partial charge in [0.05, 0.1) is 11.7 Å². The van der Waals surface area contributed by atoms with E-state index in [9.17, 15) is 4.79 Å². The Morgan fingerprint density at radius 3 is 3.04 bits per heavy atom. The maximum absolute atomic E-state index is 12.3. The number of amides is 1. The molecule has 7 nitrogen and oxygen atoms in total. The lowest BCUT2D eigenvalue weighted by Gasteiger charge is -2.22. The second-order valence-corrected chi connectivity index (χ2v) is 6.53. The summed E-state index contributed by atoms with van der Waals surface area (Å²) in [5.74, 6) is 0.810. The summed E-state index contributed by atoms with van der Waals surface area (Å²) >= 11 is 0. The van der Waals surface area contributed by atoms with Gasteiger partial charge in [0.25, 0.3) is 5.91 Å². The molecular formula is C17H25N5O2. The molecule has 1 amide bonds. The molecule has 1 fully saturated rings. The largest absolute Gasteiger partial charge is 0.361 e. The fourth-order valence-corrected chi connectivity index (χ4v) is 3.35. The van der Waals surface area contributed by atoms with Gasteiger partial charge in [0.1, 0.15) is 11.5 Å². The lowest BCUT2D eigenvalue weighted by atomic mass is 9.99. The number of rotatable bonds is 5. The first-order valence-electron chi connectivity index (χ1n) is 8.53. The van der Waals surface area contributed by atoms with Crippen molar-refractivity contribution in [1.82, 2.24) is 25.6 Å². The highest BCUT2D eigenvalue weighted by atomic mass is 16.5. The molecule has 7 heteroatoms. The number of piperidine rings is 1. The van der Waals surface area contributed by atoms with Crippen LogP contribution < -0.4 is 10.6 Å². The minimum atomic E-state index is -0.142. The average Bonchev–Trinajstić information content (AvgIpc) is 3.20. The molecule has 130 valence electrons. The van der Waals surface area contributed by atoms with Gasteiger partial charge in [-0.05, 0) is 39.3 Å². The van der Waals surface area contributed by atoms with E-state index < -0.39 is 0 Å². The fraction of sp³-hybridized carbons (Fsp3) is 0.588. The van der Waals surface area contributed by atoms with Gasteiger partial charge in [-0.3, -0.25) is 9.48 Å². The van der Waals surface area contributed by atoms with Crippen molar-refractivity contribution in [2.75, 3.05) is 19.6 Å². The Bertz CT molecular complexity index is 680. The normalized spacial score (nSPS) is 19.2. The van der Waals surface area contributed by atoms with E-state index in [1.165, 1.54) is 0 Å². The van der Waals surface area contributed by atoms with Crippen molar-refractivity contribution < 1.29 is 9.32 Å². The van der Waals surface area contributed by atoms with Crippen LogP contribution in [0.3, 0.4) is 0 Å². The zero-order valence-electron chi connectivity index (χ0n) is 14.5. The molecule has 1 aliphatic heterocycles. The maximum Gasteiger partial charge on any atom is 0.271 e. The number of carbonyl (C=O) groups excluding carboxylic acids is 1. The van der Waals surface area contributed by atoms with Crippen molar-refractivity contribution in [3.05, 3.63) is 35.0 Å². The summed E-state index contributed by atoms with van der Waals surface area (Å²) in [5.41, 5.74) is 2.41. The summed E-state index contributed by atoms with van der Waals surface area (Å²) in [4.78, 5) is 12.3. The molecule has 0 spiro atoms.